The summed E-state index contributed by atoms with van der Waals surface area (Å²) >= 11 is 11.8. The van der Waals surface area contributed by atoms with E-state index >= 15 is 0 Å². The van der Waals surface area contributed by atoms with Crippen molar-refractivity contribution < 1.29 is 9.13 Å². The summed E-state index contributed by atoms with van der Waals surface area (Å²) in [6.45, 7) is 0.670. The van der Waals surface area contributed by atoms with Gasteiger partial charge in [0.15, 0.2) is 11.6 Å². The fourth-order valence-electron chi connectivity index (χ4n) is 1.78. The number of hydrogen-bond acceptors (Lipinski definition) is 2. The quantitative estimate of drug-likeness (QED) is 0.897. The number of rotatable bonds is 5. The zero-order valence-corrected chi connectivity index (χ0v) is 12.2. The third-order valence-electron chi connectivity index (χ3n) is 2.83. The lowest BCUT2D eigenvalue weighted by atomic mass is 10.1. The standard InChI is InChI=1S/C15H14Cl2FNO/c16-12-3-2-11(13(17)8-12)9-20-15-4-1-10(5-6-19)7-14(15)18/h1-4,7-8H,5-6,9,19H2. The highest BCUT2D eigenvalue weighted by molar-refractivity contribution is 6.35. The molecule has 0 spiro atoms. The zero-order chi connectivity index (χ0) is 14.5. The van der Waals surface area contributed by atoms with Crippen LogP contribution >= 0.6 is 23.2 Å². The van der Waals surface area contributed by atoms with Gasteiger partial charge in [0.1, 0.15) is 6.61 Å². The Bertz CT molecular complexity index is 604. The van der Waals surface area contributed by atoms with Crippen LogP contribution in [0.25, 0.3) is 0 Å². The van der Waals surface area contributed by atoms with E-state index in [-0.39, 0.29) is 12.4 Å². The Balaban J connectivity index is 2.07. The van der Waals surface area contributed by atoms with E-state index in [9.17, 15) is 4.39 Å². The van der Waals surface area contributed by atoms with Gasteiger partial charge in [-0.3, -0.25) is 0 Å². The van der Waals surface area contributed by atoms with Crippen LogP contribution in [0, 0.1) is 5.82 Å². The molecule has 0 saturated heterocycles. The van der Waals surface area contributed by atoms with E-state index in [0.29, 0.717) is 23.0 Å². The number of ether oxygens (including phenoxy) is 1. The molecule has 2 aromatic carbocycles. The average Bonchev–Trinajstić information content (AvgIpc) is 2.40. The van der Waals surface area contributed by atoms with Crippen molar-refractivity contribution in [3.8, 4) is 5.75 Å². The SMILES string of the molecule is NCCc1ccc(OCc2ccc(Cl)cc2Cl)c(F)c1. The van der Waals surface area contributed by atoms with Crippen LogP contribution < -0.4 is 10.5 Å². The van der Waals surface area contributed by atoms with Gasteiger partial charge in [-0.2, -0.15) is 0 Å². The van der Waals surface area contributed by atoms with Crippen LogP contribution in [0.2, 0.25) is 10.0 Å². The molecule has 20 heavy (non-hydrogen) atoms. The summed E-state index contributed by atoms with van der Waals surface area (Å²) in [5.74, 6) is -0.210. The molecule has 0 aliphatic rings. The molecule has 2 aromatic rings. The van der Waals surface area contributed by atoms with Gasteiger partial charge < -0.3 is 10.5 Å². The van der Waals surface area contributed by atoms with Gasteiger partial charge in [-0.15, -0.1) is 0 Å². The molecule has 0 aromatic heterocycles. The van der Waals surface area contributed by atoms with E-state index in [1.807, 2.05) is 0 Å². The summed E-state index contributed by atoms with van der Waals surface area (Å²) < 4.78 is 19.3. The van der Waals surface area contributed by atoms with Crippen LogP contribution in [0.3, 0.4) is 0 Å². The molecule has 0 aliphatic heterocycles. The average molecular weight is 314 g/mol. The Morgan fingerprint density at radius 1 is 1.10 bits per heavy atom. The molecule has 2 N–H and O–H groups in total. The predicted molar refractivity (Wildman–Crippen MR) is 80.0 cm³/mol. The van der Waals surface area contributed by atoms with Gasteiger partial charge >= 0.3 is 0 Å². The molecule has 106 valence electrons. The summed E-state index contributed by atoms with van der Waals surface area (Å²) in [7, 11) is 0. The van der Waals surface area contributed by atoms with Gasteiger partial charge in [0.2, 0.25) is 0 Å². The highest BCUT2D eigenvalue weighted by atomic mass is 35.5. The van der Waals surface area contributed by atoms with E-state index in [0.717, 1.165) is 11.1 Å². The predicted octanol–water partition coefficient (Wildman–Crippen LogP) is 4.21. The smallest absolute Gasteiger partial charge is 0.165 e. The molecule has 0 aliphatic carbocycles. The van der Waals surface area contributed by atoms with Crippen molar-refractivity contribution >= 4 is 23.2 Å². The second-order valence-corrected chi connectivity index (χ2v) is 5.17. The molecule has 0 atom stereocenters. The van der Waals surface area contributed by atoms with Crippen molar-refractivity contribution in [1.29, 1.82) is 0 Å². The van der Waals surface area contributed by atoms with Crippen molar-refractivity contribution in [2.75, 3.05) is 6.54 Å². The summed E-state index contributed by atoms with van der Waals surface area (Å²) in [5.41, 5.74) is 7.03. The van der Waals surface area contributed by atoms with Gasteiger partial charge in [-0.1, -0.05) is 35.3 Å². The van der Waals surface area contributed by atoms with Crippen LogP contribution in [-0.4, -0.2) is 6.54 Å². The monoisotopic (exact) mass is 313 g/mol. The maximum Gasteiger partial charge on any atom is 0.165 e. The molecule has 2 rings (SSSR count). The third-order valence-corrected chi connectivity index (χ3v) is 3.41. The molecule has 0 bridgehead atoms. The van der Waals surface area contributed by atoms with Gasteiger partial charge in [-0.25, -0.2) is 4.39 Å². The topological polar surface area (TPSA) is 35.2 Å². The fourth-order valence-corrected chi connectivity index (χ4v) is 2.24. The van der Waals surface area contributed by atoms with Crippen molar-refractivity contribution in [1.82, 2.24) is 0 Å². The summed E-state index contributed by atoms with van der Waals surface area (Å²) in [5, 5.41) is 1.05. The lowest BCUT2D eigenvalue weighted by Crippen LogP contribution is -2.04. The molecule has 5 heteroatoms. The van der Waals surface area contributed by atoms with Crippen molar-refractivity contribution in [2.24, 2.45) is 5.73 Å². The Hall–Kier alpha value is -1.29. The Labute approximate surface area is 127 Å². The highest BCUT2D eigenvalue weighted by Gasteiger charge is 2.07. The second-order valence-electron chi connectivity index (χ2n) is 4.33. The summed E-state index contributed by atoms with van der Waals surface area (Å²) in [6.07, 6.45) is 0.639. The van der Waals surface area contributed by atoms with Crippen LogP contribution in [0.5, 0.6) is 5.75 Å². The number of nitrogens with two attached hydrogens (primary N) is 1. The highest BCUT2D eigenvalue weighted by Crippen LogP contribution is 2.24. The van der Waals surface area contributed by atoms with Gasteiger partial charge in [0, 0.05) is 15.6 Å². The minimum atomic E-state index is -0.402. The first-order valence-corrected chi connectivity index (χ1v) is 6.91. The third kappa shape index (κ3) is 3.85. The summed E-state index contributed by atoms with van der Waals surface area (Å²) in [6, 6.07) is 9.94. The van der Waals surface area contributed by atoms with E-state index in [4.69, 9.17) is 33.7 Å². The molecule has 0 heterocycles. The summed E-state index contributed by atoms with van der Waals surface area (Å²) in [4.78, 5) is 0. The number of halogens is 3. The van der Waals surface area contributed by atoms with Gasteiger partial charge in [0.05, 0.1) is 0 Å². The first kappa shape index (κ1) is 15.1. The van der Waals surface area contributed by atoms with Crippen LogP contribution in [0.1, 0.15) is 11.1 Å². The number of hydrogen-bond donors (Lipinski definition) is 1. The molecule has 0 radical (unpaired) electrons. The first-order chi connectivity index (χ1) is 9.60. The van der Waals surface area contributed by atoms with E-state index < -0.39 is 5.82 Å². The molecular formula is C15H14Cl2FNO. The molecule has 0 unspecified atom stereocenters. The molecular weight excluding hydrogens is 300 g/mol. The normalized spacial score (nSPS) is 10.6. The van der Waals surface area contributed by atoms with Crippen molar-refractivity contribution in [3.63, 3.8) is 0 Å². The first-order valence-electron chi connectivity index (χ1n) is 6.15. The molecule has 0 amide bonds. The lowest BCUT2D eigenvalue weighted by Gasteiger charge is -2.10. The maximum atomic E-state index is 13.8. The van der Waals surface area contributed by atoms with Crippen LogP contribution in [0.15, 0.2) is 36.4 Å². The maximum absolute atomic E-state index is 13.8. The lowest BCUT2D eigenvalue weighted by molar-refractivity contribution is 0.290. The minimum Gasteiger partial charge on any atom is -0.486 e. The van der Waals surface area contributed by atoms with E-state index in [1.165, 1.54) is 6.07 Å². The van der Waals surface area contributed by atoms with Crippen molar-refractivity contribution in [2.45, 2.75) is 13.0 Å². The number of benzene rings is 2. The van der Waals surface area contributed by atoms with Crippen LogP contribution in [-0.2, 0) is 13.0 Å². The van der Waals surface area contributed by atoms with Gasteiger partial charge in [-0.05, 0) is 42.8 Å². The second kappa shape index (κ2) is 6.93. The minimum absolute atomic E-state index is 0.184. The van der Waals surface area contributed by atoms with Gasteiger partial charge in [0.25, 0.3) is 0 Å². The van der Waals surface area contributed by atoms with E-state index in [2.05, 4.69) is 0 Å². The van der Waals surface area contributed by atoms with Crippen molar-refractivity contribution in [3.05, 3.63) is 63.4 Å². The Morgan fingerprint density at radius 2 is 1.90 bits per heavy atom. The Kier molecular flexibility index (Phi) is 5.24. The molecule has 0 saturated carbocycles. The van der Waals surface area contributed by atoms with Crippen LogP contribution in [0.4, 0.5) is 4.39 Å². The fraction of sp³-hybridized carbons (Fsp3) is 0.200. The Morgan fingerprint density at radius 3 is 2.55 bits per heavy atom. The molecule has 2 nitrogen and oxygen atoms in total. The van der Waals surface area contributed by atoms with E-state index in [1.54, 1.807) is 30.3 Å². The zero-order valence-electron chi connectivity index (χ0n) is 10.7. The largest absolute Gasteiger partial charge is 0.486 e. The molecule has 0 fully saturated rings.